The van der Waals surface area contributed by atoms with Gasteiger partial charge in [0.15, 0.2) is 0 Å². The molecule has 0 aliphatic carbocycles. The Morgan fingerprint density at radius 1 is 1.19 bits per heavy atom. The smallest absolute Gasteiger partial charge is 0.134 e. The standard InChI is InChI=1S/C23H22N2O2/c1-3-14-25-20(15-24)23(21(25)16-26)19-12-9-17(10-13-19)8-11-18-6-4-5-7-22(18)27-2/h3-7,9-10,12-13,20-21,23,26H,1,14,16H2,2H3/t20-,21-,23-/m1/s1. The van der Waals surface area contributed by atoms with E-state index in [1.807, 2.05) is 53.4 Å². The molecule has 3 rings (SSSR count). The van der Waals surface area contributed by atoms with Crippen molar-refractivity contribution in [3.63, 3.8) is 0 Å². The van der Waals surface area contributed by atoms with Crippen molar-refractivity contribution in [2.75, 3.05) is 20.3 Å². The van der Waals surface area contributed by atoms with Gasteiger partial charge in [-0.15, -0.1) is 6.58 Å². The van der Waals surface area contributed by atoms with Gasteiger partial charge in [-0.25, -0.2) is 0 Å². The Balaban J connectivity index is 1.79. The maximum atomic E-state index is 9.72. The van der Waals surface area contributed by atoms with Gasteiger partial charge in [0.1, 0.15) is 11.8 Å². The number of methoxy groups -OCH3 is 1. The molecule has 0 unspecified atom stereocenters. The first-order chi connectivity index (χ1) is 13.2. The SMILES string of the molecule is C=CCN1[C@H](C#N)[C@@H](c2ccc(C#Cc3ccccc3OC)cc2)[C@H]1CO. The van der Waals surface area contributed by atoms with E-state index in [9.17, 15) is 10.4 Å². The number of rotatable bonds is 5. The fourth-order valence-electron chi connectivity index (χ4n) is 3.58. The van der Waals surface area contributed by atoms with Gasteiger partial charge in [-0.2, -0.15) is 5.26 Å². The van der Waals surface area contributed by atoms with E-state index in [2.05, 4.69) is 24.5 Å². The number of ether oxygens (including phenoxy) is 1. The van der Waals surface area contributed by atoms with E-state index in [4.69, 9.17) is 4.74 Å². The van der Waals surface area contributed by atoms with Crippen molar-refractivity contribution in [1.29, 1.82) is 5.26 Å². The van der Waals surface area contributed by atoms with Crippen LogP contribution in [-0.4, -0.2) is 42.4 Å². The van der Waals surface area contributed by atoms with Gasteiger partial charge in [-0.1, -0.05) is 42.2 Å². The van der Waals surface area contributed by atoms with Crippen molar-refractivity contribution in [1.82, 2.24) is 4.90 Å². The highest BCUT2D eigenvalue weighted by Crippen LogP contribution is 2.40. The molecule has 1 fully saturated rings. The molecule has 1 saturated heterocycles. The molecule has 1 aliphatic rings. The zero-order valence-corrected chi connectivity index (χ0v) is 15.3. The maximum absolute atomic E-state index is 9.72. The summed E-state index contributed by atoms with van der Waals surface area (Å²) in [5.74, 6) is 7.03. The molecule has 0 amide bonds. The van der Waals surface area contributed by atoms with Crippen LogP contribution in [0.1, 0.15) is 22.6 Å². The van der Waals surface area contributed by atoms with Gasteiger partial charge in [0.2, 0.25) is 0 Å². The summed E-state index contributed by atoms with van der Waals surface area (Å²) in [6, 6.07) is 17.6. The summed E-state index contributed by atoms with van der Waals surface area (Å²) in [5, 5.41) is 19.2. The summed E-state index contributed by atoms with van der Waals surface area (Å²) in [4.78, 5) is 1.98. The van der Waals surface area contributed by atoms with E-state index in [1.54, 1.807) is 13.2 Å². The Morgan fingerprint density at radius 2 is 1.93 bits per heavy atom. The summed E-state index contributed by atoms with van der Waals surface area (Å²) in [6.45, 7) is 4.35. The van der Waals surface area contributed by atoms with Gasteiger partial charge < -0.3 is 9.84 Å². The molecule has 1 heterocycles. The third kappa shape index (κ3) is 3.73. The molecule has 136 valence electrons. The molecule has 4 heteroatoms. The second-order valence-electron chi connectivity index (χ2n) is 6.41. The number of benzene rings is 2. The normalized spacial score (nSPS) is 21.3. The van der Waals surface area contributed by atoms with Gasteiger partial charge in [-0.3, -0.25) is 4.90 Å². The second-order valence-corrected chi connectivity index (χ2v) is 6.41. The minimum atomic E-state index is -0.245. The first-order valence-corrected chi connectivity index (χ1v) is 8.85. The highest BCUT2D eigenvalue weighted by atomic mass is 16.5. The largest absolute Gasteiger partial charge is 0.495 e. The lowest BCUT2D eigenvalue weighted by molar-refractivity contribution is -0.00730. The van der Waals surface area contributed by atoms with Crippen LogP contribution in [0, 0.1) is 23.2 Å². The molecule has 0 spiro atoms. The zero-order valence-electron chi connectivity index (χ0n) is 15.3. The Kier molecular flexibility index (Phi) is 5.94. The van der Waals surface area contributed by atoms with Crippen LogP contribution in [0.5, 0.6) is 5.75 Å². The van der Waals surface area contributed by atoms with Crippen molar-refractivity contribution in [3.8, 4) is 23.7 Å². The van der Waals surface area contributed by atoms with Gasteiger partial charge >= 0.3 is 0 Å². The molecular weight excluding hydrogens is 336 g/mol. The van der Waals surface area contributed by atoms with E-state index < -0.39 is 0 Å². The van der Waals surface area contributed by atoms with E-state index >= 15 is 0 Å². The maximum Gasteiger partial charge on any atom is 0.134 e. The molecular formula is C23H22N2O2. The fourth-order valence-corrected chi connectivity index (χ4v) is 3.58. The highest BCUT2D eigenvalue weighted by molar-refractivity contribution is 5.50. The molecule has 27 heavy (non-hydrogen) atoms. The molecule has 4 nitrogen and oxygen atoms in total. The molecule has 1 aliphatic heterocycles. The zero-order chi connectivity index (χ0) is 19.2. The summed E-state index contributed by atoms with van der Waals surface area (Å²) in [7, 11) is 1.63. The molecule has 2 aromatic rings. The van der Waals surface area contributed by atoms with Crippen LogP contribution in [0.2, 0.25) is 0 Å². The first kappa shape index (κ1) is 18.7. The van der Waals surface area contributed by atoms with Crippen LogP contribution < -0.4 is 4.74 Å². The van der Waals surface area contributed by atoms with Gasteiger partial charge in [-0.05, 0) is 29.8 Å². The predicted octanol–water partition coefficient (Wildman–Crippen LogP) is 2.93. The molecule has 3 atom stereocenters. The lowest BCUT2D eigenvalue weighted by Crippen LogP contribution is -2.63. The van der Waals surface area contributed by atoms with E-state index in [0.29, 0.717) is 6.54 Å². The third-order valence-electron chi connectivity index (χ3n) is 4.94. The minimum Gasteiger partial charge on any atom is -0.495 e. The van der Waals surface area contributed by atoms with Crippen molar-refractivity contribution in [2.45, 2.75) is 18.0 Å². The van der Waals surface area contributed by atoms with Crippen molar-refractivity contribution >= 4 is 0 Å². The molecule has 1 N–H and O–H groups in total. The Morgan fingerprint density at radius 3 is 2.56 bits per heavy atom. The van der Waals surface area contributed by atoms with E-state index in [1.165, 1.54) is 0 Å². The quantitative estimate of drug-likeness (QED) is 0.660. The fraction of sp³-hybridized carbons (Fsp3) is 0.261. The van der Waals surface area contributed by atoms with Crippen molar-refractivity contribution < 1.29 is 9.84 Å². The third-order valence-corrected chi connectivity index (χ3v) is 4.94. The van der Waals surface area contributed by atoms with Crippen molar-refractivity contribution in [2.24, 2.45) is 0 Å². The van der Waals surface area contributed by atoms with Crippen LogP contribution in [-0.2, 0) is 0 Å². The second kappa shape index (κ2) is 8.56. The van der Waals surface area contributed by atoms with Crippen LogP contribution in [0.15, 0.2) is 61.2 Å². The van der Waals surface area contributed by atoms with Crippen LogP contribution in [0.3, 0.4) is 0 Å². The van der Waals surface area contributed by atoms with Gasteiger partial charge in [0.25, 0.3) is 0 Å². The first-order valence-electron chi connectivity index (χ1n) is 8.85. The highest BCUT2D eigenvalue weighted by Gasteiger charge is 2.48. The van der Waals surface area contributed by atoms with Gasteiger partial charge in [0, 0.05) is 24.1 Å². The summed E-state index contributed by atoms with van der Waals surface area (Å²) < 4.78 is 5.32. The minimum absolute atomic E-state index is 0.00354. The topological polar surface area (TPSA) is 56.5 Å². The monoisotopic (exact) mass is 358 g/mol. The number of hydrogen-bond acceptors (Lipinski definition) is 4. The number of nitriles is 1. The Labute approximate surface area is 160 Å². The Bertz CT molecular complexity index is 902. The van der Waals surface area contributed by atoms with Crippen LogP contribution >= 0.6 is 0 Å². The van der Waals surface area contributed by atoms with Crippen LogP contribution in [0.25, 0.3) is 0 Å². The van der Waals surface area contributed by atoms with E-state index in [-0.39, 0.29) is 24.6 Å². The summed E-state index contributed by atoms with van der Waals surface area (Å²) in [6.07, 6.45) is 1.76. The molecule has 0 aromatic heterocycles. The van der Waals surface area contributed by atoms with Gasteiger partial charge in [0.05, 0.1) is 25.3 Å². The number of aliphatic hydroxyl groups excluding tert-OH is 1. The number of likely N-dealkylation sites (tertiary alicyclic amines) is 1. The molecule has 2 aromatic carbocycles. The van der Waals surface area contributed by atoms with E-state index in [0.717, 1.165) is 22.4 Å². The molecule has 0 radical (unpaired) electrons. The molecule has 0 bridgehead atoms. The van der Waals surface area contributed by atoms with Crippen molar-refractivity contribution in [3.05, 3.63) is 77.9 Å². The number of hydrogen-bond donors (Lipinski definition) is 1. The lowest BCUT2D eigenvalue weighted by atomic mass is 9.75. The number of para-hydroxylation sites is 1. The Hall–Kier alpha value is -3.05. The summed E-state index contributed by atoms with van der Waals surface area (Å²) >= 11 is 0. The number of aliphatic hydroxyl groups is 1. The lowest BCUT2D eigenvalue weighted by Gasteiger charge is -2.51. The summed E-state index contributed by atoms with van der Waals surface area (Å²) in [5.41, 5.74) is 2.78. The average molecular weight is 358 g/mol. The average Bonchev–Trinajstić information content (AvgIpc) is 2.70. The van der Waals surface area contributed by atoms with Crippen LogP contribution in [0.4, 0.5) is 0 Å². The number of nitrogens with zero attached hydrogens (tertiary/aromatic N) is 2. The molecule has 0 saturated carbocycles. The predicted molar refractivity (Wildman–Crippen MR) is 105 cm³/mol.